The fraction of sp³-hybridized carbons (Fsp3) is 0.316. The van der Waals surface area contributed by atoms with Gasteiger partial charge in [0.15, 0.2) is 0 Å². The first-order chi connectivity index (χ1) is 11.2. The van der Waals surface area contributed by atoms with E-state index in [-0.39, 0.29) is 5.97 Å². The summed E-state index contributed by atoms with van der Waals surface area (Å²) in [6.45, 7) is 0. The Morgan fingerprint density at radius 2 is 1.96 bits per heavy atom. The number of hydrogen-bond acceptors (Lipinski definition) is 4. The third-order valence-electron chi connectivity index (χ3n) is 4.30. The normalized spacial score (nSPS) is 16.2. The van der Waals surface area contributed by atoms with E-state index in [1.165, 1.54) is 18.2 Å². The molecule has 2 aromatic rings. The molecular weight excluding hydrogens is 290 g/mol. The van der Waals surface area contributed by atoms with Crippen LogP contribution in [-0.2, 0) is 22.4 Å². The number of esters is 1. The van der Waals surface area contributed by atoms with Crippen LogP contribution in [0.5, 0.6) is 5.75 Å². The van der Waals surface area contributed by atoms with Crippen LogP contribution in [-0.4, -0.2) is 20.2 Å². The molecule has 2 aromatic carbocycles. The summed E-state index contributed by atoms with van der Waals surface area (Å²) in [5.74, 6) is 0.669. The topological polar surface area (TPSA) is 47.6 Å². The van der Waals surface area contributed by atoms with Crippen LogP contribution in [0, 0.1) is 0 Å². The minimum Gasteiger partial charge on any atom is -0.497 e. The number of fused-ring (bicyclic) bond motifs is 1. The van der Waals surface area contributed by atoms with Crippen molar-refractivity contribution in [3.05, 3.63) is 59.2 Å². The van der Waals surface area contributed by atoms with E-state index in [1.807, 2.05) is 18.2 Å². The molecule has 1 heterocycles. The van der Waals surface area contributed by atoms with Gasteiger partial charge in [0.05, 0.1) is 26.7 Å². The highest BCUT2D eigenvalue weighted by Gasteiger charge is 2.19. The van der Waals surface area contributed by atoms with Gasteiger partial charge in [-0.25, -0.2) is 0 Å². The van der Waals surface area contributed by atoms with Crippen molar-refractivity contribution in [1.82, 2.24) is 0 Å². The van der Waals surface area contributed by atoms with Crippen molar-refractivity contribution in [1.29, 1.82) is 0 Å². The smallest absolute Gasteiger partial charge is 0.309 e. The first-order valence-corrected chi connectivity index (χ1v) is 7.78. The number of anilines is 1. The number of ether oxygens (including phenoxy) is 2. The summed E-state index contributed by atoms with van der Waals surface area (Å²) >= 11 is 0. The van der Waals surface area contributed by atoms with Crippen LogP contribution in [0.4, 0.5) is 5.69 Å². The number of nitrogens with one attached hydrogen (secondary N) is 1. The standard InChI is InChI=1S/C19H21NO3/c1-22-16-7-4-14(5-8-16)17-10-6-15-11-13(12-19(21)23-2)3-9-18(15)20-17/h3-5,7-9,11,17,20H,6,10,12H2,1-2H3. The highest BCUT2D eigenvalue weighted by Crippen LogP contribution is 2.33. The van der Waals surface area contributed by atoms with Gasteiger partial charge in [0.1, 0.15) is 5.75 Å². The Labute approximate surface area is 136 Å². The van der Waals surface area contributed by atoms with Crippen LogP contribution in [0.25, 0.3) is 0 Å². The average molecular weight is 311 g/mol. The SMILES string of the molecule is COC(=O)Cc1ccc2c(c1)CCC(c1ccc(OC)cc1)N2. The lowest BCUT2D eigenvalue weighted by atomic mass is 9.92. The predicted molar refractivity (Wildman–Crippen MR) is 89.8 cm³/mol. The molecule has 23 heavy (non-hydrogen) atoms. The molecule has 0 fully saturated rings. The van der Waals surface area contributed by atoms with Crippen LogP contribution in [0.2, 0.25) is 0 Å². The highest BCUT2D eigenvalue weighted by atomic mass is 16.5. The first-order valence-electron chi connectivity index (χ1n) is 7.78. The molecule has 1 aliphatic heterocycles. The van der Waals surface area contributed by atoms with Gasteiger partial charge in [0, 0.05) is 5.69 Å². The third-order valence-corrected chi connectivity index (χ3v) is 4.30. The number of rotatable bonds is 4. The molecule has 1 atom stereocenters. The maximum Gasteiger partial charge on any atom is 0.309 e. The molecule has 0 radical (unpaired) electrons. The van der Waals surface area contributed by atoms with Gasteiger partial charge >= 0.3 is 5.97 Å². The largest absolute Gasteiger partial charge is 0.497 e. The maximum absolute atomic E-state index is 11.4. The zero-order valence-electron chi connectivity index (χ0n) is 13.5. The van der Waals surface area contributed by atoms with E-state index < -0.39 is 0 Å². The number of benzene rings is 2. The minimum absolute atomic E-state index is 0.204. The third kappa shape index (κ3) is 3.47. The van der Waals surface area contributed by atoms with Gasteiger partial charge in [-0.1, -0.05) is 24.3 Å². The van der Waals surface area contributed by atoms with E-state index in [0.29, 0.717) is 12.5 Å². The molecule has 0 saturated carbocycles. The average Bonchev–Trinajstić information content (AvgIpc) is 2.61. The van der Waals surface area contributed by atoms with Crippen LogP contribution < -0.4 is 10.1 Å². The molecule has 1 N–H and O–H groups in total. The molecule has 0 bridgehead atoms. The van der Waals surface area contributed by atoms with Crippen molar-refractivity contribution in [2.45, 2.75) is 25.3 Å². The van der Waals surface area contributed by atoms with Crippen LogP contribution in [0.3, 0.4) is 0 Å². The maximum atomic E-state index is 11.4. The minimum atomic E-state index is -0.204. The van der Waals surface area contributed by atoms with Gasteiger partial charge in [-0.3, -0.25) is 4.79 Å². The van der Waals surface area contributed by atoms with E-state index in [4.69, 9.17) is 9.47 Å². The van der Waals surface area contributed by atoms with Crippen molar-refractivity contribution in [3.63, 3.8) is 0 Å². The fourth-order valence-electron chi connectivity index (χ4n) is 2.99. The molecule has 0 saturated heterocycles. The Morgan fingerprint density at radius 1 is 1.17 bits per heavy atom. The van der Waals surface area contributed by atoms with Crippen molar-refractivity contribution in [2.24, 2.45) is 0 Å². The number of aryl methyl sites for hydroxylation is 1. The number of hydrogen-bond donors (Lipinski definition) is 1. The van der Waals surface area contributed by atoms with Gasteiger partial charge in [0.25, 0.3) is 0 Å². The van der Waals surface area contributed by atoms with E-state index in [1.54, 1.807) is 7.11 Å². The summed E-state index contributed by atoms with van der Waals surface area (Å²) < 4.78 is 9.94. The Hall–Kier alpha value is -2.49. The molecule has 0 aliphatic carbocycles. The first kappa shape index (κ1) is 15.4. The summed E-state index contributed by atoms with van der Waals surface area (Å²) in [5, 5.41) is 3.59. The van der Waals surface area contributed by atoms with Crippen molar-refractivity contribution < 1.29 is 14.3 Å². The summed E-state index contributed by atoms with van der Waals surface area (Å²) in [7, 11) is 3.10. The molecule has 4 heteroatoms. The molecular formula is C19H21NO3. The van der Waals surface area contributed by atoms with E-state index >= 15 is 0 Å². The summed E-state index contributed by atoms with van der Waals surface area (Å²) in [6.07, 6.45) is 2.35. The second-order valence-corrected chi connectivity index (χ2v) is 5.75. The van der Waals surface area contributed by atoms with E-state index in [9.17, 15) is 4.79 Å². The fourth-order valence-corrected chi connectivity index (χ4v) is 2.99. The Morgan fingerprint density at radius 3 is 2.65 bits per heavy atom. The predicted octanol–water partition coefficient (Wildman–Crippen LogP) is 3.51. The van der Waals surface area contributed by atoms with Crippen LogP contribution in [0.1, 0.15) is 29.2 Å². The molecule has 120 valence electrons. The van der Waals surface area contributed by atoms with Crippen molar-refractivity contribution in [2.75, 3.05) is 19.5 Å². The van der Waals surface area contributed by atoms with Crippen LogP contribution >= 0.6 is 0 Å². The Kier molecular flexibility index (Phi) is 4.51. The van der Waals surface area contributed by atoms with Gasteiger partial charge in [0.2, 0.25) is 0 Å². The lowest BCUT2D eigenvalue weighted by Gasteiger charge is -2.28. The number of methoxy groups -OCH3 is 2. The Balaban J connectivity index is 1.74. The lowest BCUT2D eigenvalue weighted by Crippen LogP contribution is -2.18. The van der Waals surface area contributed by atoms with Gasteiger partial charge in [-0.2, -0.15) is 0 Å². The summed E-state index contributed by atoms with van der Waals surface area (Å²) in [4.78, 5) is 11.4. The van der Waals surface area contributed by atoms with Crippen molar-refractivity contribution in [3.8, 4) is 5.75 Å². The zero-order chi connectivity index (χ0) is 16.2. The zero-order valence-corrected chi connectivity index (χ0v) is 13.5. The number of carbonyl (C=O) groups excluding carboxylic acids is 1. The summed E-state index contributed by atoms with van der Waals surface area (Å²) in [5.41, 5.74) is 4.66. The molecule has 0 aromatic heterocycles. The molecule has 0 spiro atoms. The Bertz CT molecular complexity index is 694. The van der Waals surface area contributed by atoms with Crippen molar-refractivity contribution >= 4 is 11.7 Å². The van der Waals surface area contributed by atoms with Crippen LogP contribution in [0.15, 0.2) is 42.5 Å². The van der Waals surface area contributed by atoms with Gasteiger partial charge < -0.3 is 14.8 Å². The second-order valence-electron chi connectivity index (χ2n) is 5.75. The monoisotopic (exact) mass is 311 g/mol. The molecule has 3 rings (SSSR count). The number of carbonyl (C=O) groups is 1. The highest BCUT2D eigenvalue weighted by molar-refractivity contribution is 5.73. The van der Waals surface area contributed by atoms with E-state index in [2.05, 4.69) is 29.6 Å². The molecule has 0 amide bonds. The molecule has 1 unspecified atom stereocenters. The quantitative estimate of drug-likeness (QED) is 0.878. The second kappa shape index (κ2) is 6.73. The van der Waals surface area contributed by atoms with E-state index in [0.717, 1.165) is 29.8 Å². The summed E-state index contributed by atoms with van der Waals surface area (Å²) in [6, 6.07) is 14.6. The molecule has 4 nitrogen and oxygen atoms in total. The van der Waals surface area contributed by atoms with Gasteiger partial charge in [-0.05, 0) is 47.7 Å². The molecule has 1 aliphatic rings. The lowest BCUT2D eigenvalue weighted by molar-refractivity contribution is -0.139. The van der Waals surface area contributed by atoms with Gasteiger partial charge in [-0.15, -0.1) is 0 Å².